The maximum absolute atomic E-state index is 8.92. The summed E-state index contributed by atoms with van der Waals surface area (Å²) >= 11 is 0. The summed E-state index contributed by atoms with van der Waals surface area (Å²) in [6.45, 7) is 7.83. The molecule has 0 radical (unpaired) electrons. The standard InChI is InChI=1S/C23H33N3O3.HI/c1-5-18-7-10-20(11-8-18)17(3)26-23(24-6-2)25-16-19-9-12-21(29-14-13-27)22(15-19)28-4;/h7-12,15,17,27H,5-6,13-14,16H2,1-4H3,(H2,24,25,26);1H. The van der Waals surface area contributed by atoms with Crippen LogP contribution in [0.1, 0.15) is 43.5 Å². The van der Waals surface area contributed by atoms with E-state index in [0.29, 0.717) is 18.0 Å². The minimum atomic E-state index is -0.0354. The van der Waals surface area contributed by atoms with E-state index in [-0.39, 0.29) is 43.2 Å². The number of aliphatic hydroxyl groups excluding tert-OH is 1. The number of nitrogens with one attached hydrogen (secondary N) is 2. The van der Waals surface area contributed by atoms with E-state index >= 15 is 0 Å². The van der Waals surface area contributed by atoms with E-state index in [4.69, 9.17) is 19.6 Å². The molecule has 0 aliphatic heterocycles. The number of aliphatic imine (C=N–C) groups is 1. The first-order chi connectivity index (χ1) is 14.1. The van der Waals surface area contributed by atoms with Gasteiger partial charge in [-0.3, -0.25) is 0 Å². The predicted octanol–water partition coefficient (Wildman–Crippen LogP) is 4.06. The van der Waals surface area contributed by atoms with Gasteiger partial charge >= 0.3 is 0 Å². The molecule has 2 rings (SSSR count). The Morgan fingerprint density at radius 3 is 2.37 bits per heavy atom. The first-order valence-corrected chi connectivity index (χ1v) is 10.2. The van der Waals surface area contributed by atoms with Crippen LogP contribution in [0.2, 0.25) is 0 Å². The second-order valence-electron chi connectivity index (χ2n) is 6.71. The Bertz CT molecular complexity index is 782. The maximum Gasteiger partial charge on any atom is 0.192 e. The normalized spacial score (nSPS) is 12.0. The van der Waals surface area contributed by atoms with Crippen LogP contribution in [-0.4, -0.2) is 37.9 Å². The molecule has 0 fully saturated rings. The Labute approximate surface area is 197 Å². The van der Waals surface area contributed by atoms with Crippen molar-refractivity contribution < 1.29 is 14.6 Å². The van der Waals surface area contributed by atoms with Gasteiger partial charge in [0.2, 0.25) is 0 Å². The largest absolute Gasteiger partial charge is 0.493 e. The smallest absolute Gasteiger partial charge is 0.192 e. The Kier molecular flexibility index (Phi) is 12.2. The highest BCUT2D eigenvalue weighted by Crippen LogP contribution is 2.28. The molecule has 0 saturated heterocycles. The number of methoxy groups -OCH3 is 1. The average molecular weight is 527 g/mol. The van der Waals surface area contributed by atoms with Crippen LogP contribution in [0.4, 0.5) is 0 Å². The highest BCUT2D eigenvalue weighted by Gasteiger charge is 2.09. The zero-order valence-corrected chi connectivity index (χ0v) is 20.6. The van der Waals surface area contributed by atoms with E-state index in [1.165, 1.54) is 11.1 Å². The summed E-state index contributed by atoms with van der Waals surface area (Å²) in [7, 11) is 1.60. The molecule has 0 aromatic heterocycles. The highest BCUT2D eigenvalue weighted by molar-refractivity contribution is 14.0. The Balaban J connectivity index is 0.00000450. The quantitative estimate of drug-likeness (QED) is 0.247. The van der Waals surface area contributed by atoms with Crippen LogP contribution in [0, 0.1) is 0 Å². The molecule has 0 amide bonds. The van der Waals surface area contributed by atoms with Crippen LogP contribution >= 0.6 is 24.0 Å². The lowest BCUT2D eigenvalue weighted by molar-refractivity contribution is 0.196. The molecule has 1 unspecified atom stereocenters. The number of guanidine groups is 1. The Morgan fingerprint density at radius 2 is 1.77 bits per heavy atom. The third kappa shape index (κ3) is 8.02. The molecule has 0 bridgehead atoms. The molecule has 7 heteroatoms. The van der Waals surface area contributed by atoms with Gasteiger partial charge in [0.15, 0.2) is 17.5 Å². The molecule has 30 heavy (non-hydrogen) atoms. The first-order valence-electron chi connectivity index (χ1n) is 10.2. The van der Waals surface area contributed by atoms with Gasteiger partial charge in [0.25, 0.3) is 0 Å². The monoisotopic (exact) mass is 527 g/mol. The van der Waals surface area contributed by atoms with Crippen LogP contribution in [0.15, 0.2) is 47.5 Å². The van der Waals surface area contributed by atoms with Gasteiger partial charge in [-0.05, 0) is 49.1 Å². The van der Waals surface area contributed by atoms with Crippen LogP contribution < -0.4 is 20.1 Å². The van der Waals surface area contributed by atoms with Gasteiger partial charge in [0.05, 0.1) is 26.3 Å². The van der Waals surface area contributed by atoms with Crippen molar-refractivity contribution in [3.8, 4) is 11.5 Å². The van der Waals surface area contributed by atoms with Crippen molar-refractivity contribution in [1.29, 1.82) is 0 Å². The number of rotatable bonds is 10. The fourth-order valence-corrected chi connectivity index (χ4v) is 2.91. The van der Waals surface area contributed by atoms with E-state index in [2.05, 4.69) is 48.7 Å². The predicted molar refractivity (Wildman–Crippen MR) is 133 cm³/mol. The van der Waals surface area contributed by atoms with Gasteiger partial charge in [0.1, 0.15) is 6.61 Å². The summed E-state index contributed by atoms with van der Waals surface area (Å²) < 4.78 is 10.9. The van der Waals surface area contributed by atoms with Gasteiger partial charge in [0, 0.05) is 6.54 Å². The second kappa shape index (κ2) is 14.1. The number of ether oxygens (including phenoxy) is 2. The number of aliphatic hydroxyl groups is 1. The summed E-state index contributed by atoms with van der Waals surface area (Å²) in [6.07, 6.45) is 1.04. The van der Waals surface area contributed by atoms with Gasteiger partial charge in [-0.1, -0.05) is 37.3 Å². The van der Waals surface area contributed by atoms with Crippen molar-refractivity contribution in [3.05, 3.63) is 59.2 Å². The zero-order valence-electron chi connectivity index (χ0n) is 18.3. The van der Waals surface area contributed by atoms with E-state index < -0.39 is 0 Å². The lowest BCUT2D eigenvalue weighted by Crippen LogP contribution is -2.38. The van der Waals surface area contributed by atoms with E-state index in [1.54, 1.807) is 7.11 Å². The molecule has 1 atom stereocenters. The van der Waals surface area contributed by atoms with E-state index in [9.17, 15) is 0 Å². The number of halogens is 1. The highest BCUT2D eigenvalue weighted by atomic mass is 127. The lowest BCUT2D eigenvalue weighted by Gasteiger charge is -2.18. The second-order valence-corrected chi connectivity index (χ2v) is 6.71. The molecule has 0 heterocycles. The molecular weight excluding hydrogens is 493 g/mol. The molecule has 166 valence electrons. The topological polar surface area (TPSA) is 75.1 Å². The van der Waals surface area contributed by atoms with Crippen molar-refractivity contribution in [2.24, 2.45) is 4.99 Å². The number of hydrogen-bond acceptors (Lipinski definition) is 4. The minimum absolute atomic E-state index is 0. The Hall–Kier alpha value is -2.00. The molecular formula is C23H34IN3O3. The lowest BCUT2D eigenvalue weighted by atomic mass is 10.1. The molecule has 0 saturated carbocycles. The van der Waals surface area contributed by atoms with E-state index in [1.807, 2.05) is 25.1 Å². The minimum Gasteiger partial charge on any atom is -0.493 e. The third-order valence-corrected chi connectivity index (χ3v) is 4.58. The summed E-state index contributed by atoms with van der Waals surface area (Å²) in [5, 5.41) is 15.7. The van der Waals surface area contributed by atoms with Crippen LogP contribution in [0.5, 0.6) is 11.5 Å². The van der Waals surface area contributed by atoms with Gasteiger partial charge in [-0.2, -0.15) is 0 Å². The van der Waals surface area contributed by atoms with Gasteiger partial charge < -0.3 is 25.2 Å². The molecule has 0 spiro atoms. The molecule has 0 aliphatic carbocycles. The molecule has 0 aliphatic rings. The molecule has 2 aromatic rings. The number of nitrogens with zero attached hydrogens (tertiary/aromatic N) is 1. The first kappa shape index (κ1) is 26.0. The number of hydrogen-bond donors (Lipinski definition) is 3. The maximum atomic E-state index is 8.92. The summed E-state index contributed by atoms with van der Waals surface area (Å²) in [6, 6.07) is 14.5. The third-order valence-electron chi connectivity index (χ3n) is 4.58. The fourth-order valence-electron chi connectivity index (χ4n) is 2.91. The number of aryl methyl sites for hydroxylation is 1. The summed E-state index contributed by atoms with van der Waals surface area (Å²) in [5.74, 6) is 2.01. The van der Waals surface area contributed by atoms with Crippen molar-refractivity contribution in [3.63, 3.8) is 0 Å². The summed E-state index contributed by atoms with van der Waals surface area (Å²) in [5.41, 5.74) is 3.57. The molecule has 2 aromatic carbocycles. The van der Waals surface area contributed by atoms with Crippen LogP contribution in [-0.2, 0) is 13.0 Å². The summed E-state index contributed by atoms with van der Waals surface area (Å²) in [4.78, 5) is 4.71. The van der Waals surface area contributed by atoms with E-state index in [0.717, 1.165) is 24.5 Å². The van der Waals surface area contributed by atoms with Crippen molar-refractivity contribution in [2.45, 2.75) is 39.8 Å². The number of benzene rings is 2. The van der Waals surface area contributed by atoms with Gasteiger partial charge in [-0.25, -0.2) is 4.99 Å². The zero-order chi connectivity index (χ0) is 21.1. The average Bonchev–Trinajstić information content (AvgIpc) is 2.76. The van der Waals surface area contributed by atoms with Crippen LogP contribution in [0.3, 0.4) is 0 Å². The Morgan fingerprint density at radius 1 is 1.07 bits per heavy atom. The molecule has 6 nitrogen and oxygen atoms in total. The fraction of sp³-hybridized carbons (Fsp3) is 0.435. The molecule has 3 N–H and O–H groups in total. The van der Waals surface area contributed by atoms with Gasteiger partial charge in [-0.15, -0.1) is 24.0 Å². The van der Waals surface area contributed by atoms with Crippen molar-refractivity contribution in [2.75, 3.05) is 26.9 Å². The van der Waals surface area contributed by atoms with Crippen LogP contribution in [0.25, 0.3) is 0 Å². The SMILES string of the molecule is CCNC(=NCc1ccc(OCCO)c(OC)c1)NC(C)c1ccc(CC)cc1.I. The van der Waals surface area contributed by atoms with Crippen molar-refractivity contribution >= 4 is 29.9 Å². The van der Waals surface area contributed by atoms with Crippen molar-refractivity contribution in [1.82, 2.24) is 10.6 Å².